The zero-order valence-corrected chi connectivity index (χ0v) is 11.1. The fourth-order valence-electron chi connectivity index (χ4n) is 3.68. The minimum absolute atomic E-state index is 0.244. The predicted molar refractivity (Wildman–Crippen MR) is 72.1 cm³/mol. The first-order valence-electron chi connectivity index (χ1n) is 7.27. The first kappa shape index (κ1) is 11.6. The topological polar surface area (TPSA) is 30.8 Å². The smallest absolute Gasteiger partial charge is 0.168 e. The highest BCUT2D eigenvalue weighted by atomic mass is 16.7. The van der Waals surface area contributed by atoms with Gasteiger partial charge in [0.25, 0.3) is 0 Å². The quantitative estimate of drug-likeness (QED) is 0.761. The van der Waals surface area contributed by atoms with Crippen LogP contribution in [0.3, 0.4) is 0 Å². The van der Waals surface area contributed by atoms with Gasteiger partial charge in [0.1, 0.15) is 0 Å². The maximum Gasteiger partial charge on any atom is 0.168 e. The van der Waals surface area contributed by atoms with E-state index in [1.807, 2.05) is 0 Å². The standard InChI is InChI=1S/C16H19NO2/c1-2-4-15-13(3-1)14(11-17-15)12-5-7-16(8-6-12)18-9-10-19-16/h1-4,12H,5-11H2. The molecule has 3 nitrogen and oxygen atoms in total. The van der Waals surface area contributed by atoms with Crippen LogP contribution in [0.25, 0.3) is 5.57 Å². The SMILES string of the molecule is c1ccc2c(c1)=NCC=2C1CCC2(CC1)OCCO2. The first-order chi connectivity index (χ1) is 9.36. The maximum atomic E-state index is 5.81. The number of fused-ring (bicyclic) bond motifs is 1. The average molecular weight is 257 g/mol. The molecule has 0 radical (unpaired) electrons. The van der Waals surface area contributed by atoms with Gasteiger partial charge in [0.05, 0.1) is 25.1 Å². The number of ether oxygens (including phenoxy) is 2. The second-order valence-corrected chi connectivity index (χ2v) is 5.74. The lowest BCUT2D eigenvalue weighted by Gasteiger charge is -2.35. The van der Waals surface area contributed by atoms with Crippen LogP contribution in [-0.4, -0.2) is 25.5 Å². The van der Waals surface area contributed by atoms with E-state index in [-0.39, 0.29) is 5.79 Å². The van der Waals surface area contributed by atoms with Gasteiger partial charge >= 0.3 is 0 Å². The summed E-state index contributed by atoms with van der Waals surface area (Å²) in [6.45, 7) is 2.41. The van der Waals surface area contributed by atoms with E-state index in [0.29, 0.717) is 5.92 Å². The summed E-state index contributed by atoms with van der Waals surface area (Å²) in [7, 11) is 0. The molecule has 2 heterocycles. The Morgan fingerprint density at radius 2 is 1.79 bits per heavy atom. The van der Waals surface area contributed by atoms with Gasteiger partial charge in [-0.2, -0.15) is 0 Å². The van der Waals surface area contributed by atoms with E-state index in [1.165, 1.54) is 29.0 Å². The number of benzene rings is 1. The Morgan fingerprint density at radius 3 is 2.58 bits per heavy atom. The van der Waals surface area contributed by atoms with E-state index in [2.05, 4.69) is 29.3 Å². The van der Waals surface area contributed by atoms with Crippen LogP contribution in [-0.2, 0) is 9.47 Å². The van der Waals surface area contributed by atoms with Crippen molar-refractivity contribution in [3.8, 4) is 0 Å². The summed E-state index contributed by atoms with van der Waals surface area (Å²) < 4.78 is 11.6. The molecule has 0 unspecified atom stereocenters. The molecule has 0 amide bonds. The van der Waals surface area contributed by atoms with Crippen molar-refractivity contribution >= 4 is 5.57 Å². The van der Waals surface area contributed by atoms with Crippen molar-refractivity contribution in [2.75, 3.05) is 19.8 Å². The van der Waals surface area contributed by atoms with Gasteiger partial charge in [0.15, 0.2) is 5.79 Å². The zero-order chi connectivity index (χ0) is 12.7. The third kappa shape index (κ3) is 1.92. The van der Waals surface area contributed by atoms with Crippen molar-refractivity contribution in [1.29, 1.82) is 0 Å². The monoisotopic (exact) mass is 257 g/mol. The second kappa shape index (κ2) is 4.43. The number of hydrogen-bond donors (Lipinski definition) is 0. The van der Waals surface area contributed by atoms with Crippen molar-refractivity contribution in [1.82, 2.24) is 0 Å². The molecule has 0 N–H and O–H groups in total. The Balaban J connectivity index is 1.59. The van der Waals surface area contributed by atoms with E-state index in [9.17, 15) is 0 Å². The summed E-state index contributed by atoms with van der Waals surface area (Å²) in [4.78, 5) is 4.65. The van der Waals surface area contributed by atoms with Crippen LogP contribution in [0, 0.1) is 5.92 Å². The van der Waals surface area contributed by atoms with Crippen molar-refractivity contribution < 1.29 is 9.47 Å². The van der Waals surface area contributed by atoms with Gasteiger partial charge in [-0.15, -0.1) is 0 Å². The second-order valence-electron chi connectivity index (χ2n) is 5.74. The fraction of sp³-hybridized carbons (Fsp3) is 0.562. The minimum atomic E-state index is -0.244. The molecule has 1 saturated carbocycles. The summed E-state index contributed by atoms with van der Waals surface area (Å²) in [5.41, 5.74) is 1.53. The number of para-hydroxylation sites is 1. The van der Waals surface area contributed by atoms with Gasteiger partial charge in [-0.25, -0.2) is 0 Å². The van der Waals surface area contributed by atoms with Crippen LogP contribution >= 0.6 is 0 Å². The van der Waals surface area contributed by atoms with E-state index in [4.69, 9.17) is 9.47 Å². The summed E-state index contributed by atoms with van der Waals surface area (Å²) in [5.74, 6) is 0.414. The van der Waals surface area contributed by atoms with E-state index < -0.39 is 0 Å². The molecule has 2 fully saturated rings. The lowest BCUT2D eigenvalue weighted by molar-refractivity contribution is -0.180. The first-order valence-corrected chi connectivity index (χ1v) is 7.27. The third-order valence-corrected chi connectivity index (χ3v) is 4.72. The molecule has 2 aliphatic heterocycles. The van der Waals surface area contributed by atoms with Crippen molar-refractivity contribution in [3.05, 3.63) is 34.8 Å². The van der Waals surface area contributed by atoms with Crippen LogP contribution in [0.5, 0.6) is 0 Å². The molecular weight excluding hydrogens is 238 g/mol. The number of rotatable bonds is 1. The highest BCUT2D eigenvalue weighted by Gasteiger charge is 2.41. The summed E-state index contributed by atoms with van der Waals surface area (Å²) >= 11 is 0. The molecule has 0 aromatic heterocycles. The molecule has 3 aliphatic rings. The molecule has 1 spiro atoms. The minimum Gasteiger partial charge on any atom is -0.348 e. The Kier molecular flexibility index (Phi) is 2.71. The third-order valence-electron chi connectivity index (χ3n) is 4.72. The van der Waals surface area contributed by atoms with Crippen molar-refractivity contribution in [2.45, 2.75) is 31.5 Å². The normalized spacial score (nSPS) is 25.6. The van der Waals surface area contributed by atoms with Crippen molar-refractivity contribution in [3.63, 3.8) is 0 Å². The molecule has 1 aliphatic carbocycles. The molecule has 3 heteroatoms. The Morgan fingerprint density at radius 1 is 1.05 bits per heavy atom. The molecule has 19 heavy (non-hydrogen) atoms. The highest BCUT2D eigenvalue weighted by Crippen LogP contribution is 2.40. The van der Waals surface area contributed by atoms with Crippen LogP contribution < -0.4 is 10.6 Å². The molecular formula is C16H19NO2. The van der Waals surface area contributed by atoms with Crippen molar-refractivity contribution in [2.24, 2.45) is 10.9 Å². The largest absolute Gasteiger partial charge is 0.348 e. The van der Waals surface area contributed by atoms with Gasteiger partial charge in [-0.3, -0.25) is 4.99 Å². The average Bonchev–Trinajstić information content (AvgIpc) is 3.08. The fourth-order valence-corrected chi connectivity index (χ4v) is 3.68. The lowest BCUT2D eigenvalue weighted by Crippen LogP contribution is -2.36. The maximum absolute atomic E-state index is 5.81. The molecule has 0 bridgehead atoms. The van der Waals surface area contributed by atoms with E-state index in [1.54, 1.807) is 0 Å². The zero-order valence-electron chi connectivity index (χ0n) is 11.1. The van der Waals surface area contributed by atoms with Crippen LogP contribution in [0.2, 0.25) is 0 Å². The summed E-state index contributed by atoms with van der Waals surface area (Å²) in [6.07, 6.45) is 4.39. The molecule has 1 aromatic carbocycles. The number of hydrogen-bond acceptors (Lipinski definition) is 3. The molecule has 100 valence electrons. The summed E-state index contributed by atoms with van der Waals surface area (Å²) in [6, 6.07) is 8.53. The van der Waals surface area contributed by atoms with Gasteiger partial charge in [-0.05, 0) is 30.4 Å². The molecule has 0 atom stereocenters. The molecule has 1 aromatic rings. The lowest BCUT2D eigenvalue weighted by atomic mass is 9.80. The van der Waals surface area contributed by atoms with E-state index >= 15 is 0 Å². The predicted octanol–water partition coefficient (Wildman–Crippen LogP) is 1.40. The van der Waals surface area contributed by atoms with Crippen LogP contribution in [0.1, 0.15) is 25.7 Å². The van der Waals surface area contributed by atoms with Gasteiger partial charge in [0.2, 0.25) is 0 Å². The van der Waals surface area contributed by atoms with Gasteiger partial charge in [0, 0.05) is 18.1 Å². The van der Waals surface area contributed by atoms with Gasteiger partial charge in [-0.1, -0.05) is 18.2 Å². The Labute approximate surface area is 112 Å². The number of nitrogens with zero attached hydrogens (tertiary/aromatic N) is 1. The van der Waals surface area contributed by atoms with Crippen LogP contribution in [0.15, 0.2) is 29.3 Å². The Hall–Kier alpha value is -1.19. The Bertz CT molecular complexity index is 591. The van der Waals surface area contributed by atoms with Gasteiger partial charge < -0.3 is 9.47 Å². The summed E-state index contributed by atoms with van der Waals surface area (Å²) in [5, 5.41) is 2.54. The highest BCUT2D eigenvalue weighted by molar-refractivity contribution is 5.51. The van der Waals surface area contributed by atoms with Crippen LogP contribution in [0.4, 0.5) is 0 Å². The molecule has 1 saturated heterocycles. The molecule has 4 rings (SSSR count). The van der Waals surface area contributed by atoms with E-state index in [0.717, 1.165) is 32.6 Å².